The van der Waals surface area contributed by atoms with Crippen LogP contribution in [0.5, 0.6) is 0 Å². The van der Waals surface area contributed by atoms with Gasteiger partial charge in [0.25, 0.3) is 0 Å². The predicted octanol–water partition coefficient (Wildman–Crippen LogP) is 2.14. The zero-order valence-electron chi connectivity index (χ0n) is 9.22. The van der Waals surface area contributed by atoms with Crippen LogP contribution >= 0.6 is 0 Å². The molecule has 0 radical (unpaired) electrons. The molecule has 1 aromatic heterocycles. The van der Waals surface area contributed by atoms with E-state index in [2.05, 4.69) is 16.9 Å². The summed E-state index contributed by atoms with van der Waals surface area (Å²) in [7, 11) is 0. The standard InChI is InChI=1S/C13H12N2O2/c1-2-9-14-12(16)7-8-13-15-10-5-3-4-6-11(10)17-13/h2-8H,1,9H2,(H,14,16)/b8-7+. The van der Waals surface area contributed by atoms with Crippen LogP contribution in [0, 0.1) is 0 Å². The Bertz CT molecular complexity index is 537. The van der Waals surface area contributed by atoms with Crippen molar-refractivity contribution < 1.29 is 9.21 Å². The number of nitrogens with zero attached hydrogens (tertiary/aromatic N) is 1. The SMILES string of the molecule is C=CCNC(=O)/C=C/c1nc2ccccc2o1. The second kappa shape index (κ2) is 5.12. The summed E-state index contributed by atoms with van der Waals surface area (Å²) < 4.78 is 5.42. The van der Waals surface area contributed by atoms with Crippen molar-refractivity contribution >= 4 is 23.1 Å². The van der Waals surface area contributed by atoms with Gasteiger partial charge in [0.15, 0.2) is 5.58 Å². The van der Waals surface area contributed by atoms with Gasteiger partial charge in [-0.25, -0.2) is 4.98 Å². The monoisotopic (exact) mass is 228 g/mol. The average Bonchev–Trinajstić information content (AvgIpc) is 2.76. The molecule has 1 aromatic carbocycles. The lowest BCUT2D eigenvalue weighted by Gasteiger charge is -1.93. The highest BCUT2D eigenvalue weighted by molar-refractivity contribution is 5.91. The van der Waals surface area contributed by atoms with E-state index in [1.165, 1.54) is 6.08 Å². The molecular weight excluding hydrogens is 216 g/mol. The number of para-hydroxylation sites is 2. The highest BCUT2D eigenvalue weighted by Crippen LogP contribution is 2.15. The van der Waals surface area contributed by atoms with Gasteiger partial charge in [0, 0.05) is 18.7 Å². The minimum atomic E-state index is -0.202. The zero-order valence-corrected chi connectivity index (χ0v) is 9.22. The minimum absolute atomic E-state index is 0.202. The van der Waals surface area contributed by atoms with Gasteiger partial charge in [-0.05, 0) is 12.1 Å². The van der Waals surface area contributed by atoms with Crippen molar-refractivity contribution in [1.82, 2.24) is 10.3 Å². The number of carbonyl (C=O) groups is 1. The molecule has 1 N–H and O–H groups in total. The maximum Gasteiger partial charge on any atom is 0.244 e. The summed E-state index contributed by atoms with van der Waals surface area (Å²) >= 11 is 0. The van der Waals surface area contributed by atoms with Crippen LogP contribution in [0.3, 0.4) is 0 Å². The number of nitrogens with one attached hydrogen (secondary N) is 1. The van der Waals surface area contributed by atoms with Crippen molar-refractivity contribution in [3.05, 3.63) is 48.9 Å². The van der Waals surface area contributed by atoms with Gasteiger partial charge in [-0.15, -0.1) is 6.58 Å². The Labute approximate surface area is 98.6 Å². The highest BCUT2D eigenvalue weighted by atomic mass is 16.3. The Morgan fingerprint density at radius 1 is 1.47 bits per heavy atom. The van der Waals surface area contributed by atoms with E-state index in [1.807, 2.05) is 24.3 Å². The molecule has 0 fully saturated rings. The Hall–Kier alpha value is -2.36. The molecule has 0 saturated carbocycles. The molecule has 0 unspecified atom stereocenters. The molecule has 0 saturated heterocycles. The van der Waals surface area contributed by atoms with Crippen LogP contribution in [0.25, 0.3) is 17.2 Å². The van der Waals surface area contributed by atoms with Gasteiger partial charge in [-0.2, -0.15) is 0 Å². The van der Waals surface area contributed by atoms with E-state index >= 15 is 0 Å². The van der Waals surface area contributed by atoms with Crippen LogP contribution in [0.4, 0.5) is 0 Å². The fraction of sp³-hybridized carbons (Fsp3) is 0.0769. The summed E-state index contributed by atoms with van der Waals surface area (Å²) in [6.45, 7) is 3.95. The van der Waals surface area contributed by atoms with Crippen molar-refractivity contribution in [1.29, 1.82) is 0 Å². The lowest BCUT2D eigenvalue weighted by Crippen LogP contribution is -2.20. The summed E-state index contributed by atoms with van der Waals surface area (Å²) in [6, 6.07) is 7.44. The van der Waals surface area contributed by atoms with E-state index in [-0.39, 0.29) is 5.91 Å². The molecule has 0 bridgehead atoms. The number of fused-ring (bicyclic) bond motifs is 1. The quantitative estimate of drug-likeness (QED) is 0.644. The maximum absolute atomic E-state index is 11.3. The van der Waals surface area contributed by atoms with E-state index in [0.717, 1.165) is 5.52 Å². The molecule has 0 aliphatic carbocycles. The lowest BCUT2D eigenvalue weighted by molar-refractivity contribution is -0.116. The maximum atomic E-state index is 11.3. The van der Waals surface area contributed by atoms with Crippen LogP contribution in [-0.2, 0) is 4.79 Å². The van der Waals surface area contributed by atoms with E-state index < -0.39 is 0 Å². The van der Waals surface area contributed by atoms with Gasteiger partial charge >= 0.3 is 0 Å². The molecule has 2 aromatic rings. The fourth-order valence-electron chi connectivity index (χ4n) is 1.34. The van der Waals surface area contributed by atoms with Crippen LogP contribution in [0.1, 0.15) is 5.89 Å². The third kappa shape index (κ3) is 2.81. The minimum Gasteiger partial charge on any atom is -0.437 e. The van der Waals surface area contributed by atoms with Crippen LogP contribution in [0.2, 0.25) is 0 Å². The number of aromatic nitrogens is 1. The third-order valence-corrected chi connectivity index (χ3v) is 2.11. The Balaban J connectivity index is 2.10. The summed E-state index contributed by atoms with van der Waals surface area (Å²) in [5, 5.41) is 2.62. The lowest BCUT2D eigenvalue weighted by atomic mass is 10.3. The number of rotatable bonds is 4. The van der Waals surface area contributed by atoms with Crippen LogP contribution in [-0.4, -0.2) is 17.4 Å². The van der Waals surface area contributed by atoms with Crippen molar-refractivity contribution in [2.24, 2.45) is 0 Å². The van der Waals surface area contributed by atoms with Crippen molar-refractivity contribution in [3.63, 3.8) is 0 Å². The van der Waals surface area contributed by atoms with E-state index in [9.17, 15) is 4.79 Å². The van der Waals surface area contributed by atoms with Gasteiger partial charge in [0.05, 0.1) is 0 Å². The molecule has 0 aliphatic rings. The normalized spacial score (nSPS) is 10.8. The first-order chi connectivity index (χ1) is 8.29. The van der Waals surface area contributed by atoms with Gasteiger partial charge < -0.3 is 9.73 Å². The van der Waals surface area contributed by atoms with Crippen LogP contribution < -0.4 is 5.32 Å². The zero-order chi connectivity index (χ0) is 12.1. The number of hydrogen-bond donors (Lipinski definition) is 1. The van der Waals surface area contributed by atoms with Crippen LogP contribution in [0.15, 0.2) is 47.4 Å². The smallest absolute Gasteiger partial charge is 0.244 e. The largest absolute Gasteiger partial charge is 0.437 e. The molecule has 17 heavy (non-hydrogen) atoms. The molecule has 1 heterocycles. The molecule has 86 valence electrons. The van der Waals surface area contributed by atoms with Gasteiger partial charge in [-0.3, -0.25) is 4.79 Å². The second-order valence-electron chi connectivity index (χ2n) is 3.39. The molecular formula is C13H12N2O2. The summed E-state index contributed by atoms with van der Waals surface area (Å²) in [5.74, 6) is 0.215. The van der Waals surface area contributed by atoms with E-state index in [0.29, 0.717) is 18.0 Å². The topological polar surface area (TPSA) is 55.1 Å². The second-order valence-corrected chi connectivity index (χ2v) is 3.39. The van der Waals surface area contributed by atoms with Crippen molar-refractivity contribution in [2.75, 3.05) is 6.54 Å². The molecule has 0 spiro atoms. The number of carbonyl (C=O) groups excluding carboxylic acids is 1. The average molecular weight is 228 g/mol. The number of amides is 1. The van der Waals surface area contributed by atoms with E-state index in [4.69, 9.17) is 4.42 Å². The van der Waals surface area contributed by atoms with E-state index in [1.54, 1.807) is 12.2 Å². The van der Waals surface area contributed by atoms with Gasteiger partial charge in [-0.1, -0.05) is 18.2 Å². The Kier molecular flexibility index (Phi) is 3.35. The highest BCUT2D eigenvalue weighted by Gasteiger charge is 2.01. The Morgan fingerprint density at radius 2 is 2.29 bits per heavy atom. The molecule has 4 heteroatoms. The number of oxazole rings is 1. The van der Waals surface area contributed by atoms with Crippen molar-refractivity contribution in [3.8, 4) is 0 Å². The first-order valence-corrected chi connectivity index (χ1v) is 5.22. The first kappa shape index (κ1) is 11.1. The summed E-state index contributed by atoms with van der Waals surface area (Å²) in [4.78, 5) is 15.5. The number of benzene rings is 1. The molecule has 0 aliphatic heterocycles. The molecule has 0 atom stereocenters. The molecule has 4 nitrogen and oxygen atoms in total. The number of hydrogen-bond acceptors (Lipinski definition) is 3. The first-order valence-electron chi connectivity index (χ1n) is 5.22. The van der Waals surface area contributed by atoms with Gasteiger partial charge in [0.1, 0.15) is 5.52 Å². The van der Waals surface area contributed by atoms with Crippen molar-refractivity contribution in [2.45, 2.75) is 0 Å². The summed E-state index contributed by atoms with van der Waals surface area (Å²) in [5.41, 5.74) is 1.48. The van der Waals surface area contributed by atoms with Gasteiger partial charge in [0.2, 0.25) is 11.8 Å². The summed E-state index contributed by atoms with van der Waals surface area (Å²) in [6.07, 6.45) is 4.54. The Morgan fingerprint density at radius 3 is 3.06 bits per heavy atom. The fourth-order valence-corrected chi connectivity index (χ4v) is 1.34. The third-order valence-electron chi connectivity index (χ3n) is 2.11. The molecule has 1 amide bonds. The predicted molar refractivity (Wildman–Crippen MR) is 66.2 cm³/mol. The molecule has 2 rings (SSSR count).